The van der Waals surface area contributed by atoms with Crippen molar-refractivity contribution in [1.29, 1.82) is 0 Å². The van der Waals surface area contributed by atoms with Crippen molar-refractivity contribution in [2.75, 3.05) is 25.2 Å². The Balaban J connectivity index is 2.16. The van der Waals surface area contributed by atoms with Crippen LogP contribution in [-0.2, 0) is 15.6 Å². The second kappa shape index (κ2) is 7.04. The largest absolute Gasteiger partial charge is 0.494 e. The molecule has 0 radical (unpaired) electrons. The predicted octanol–water partition coefficient (Wildman–Crippen LogP) is 1.28. The summed E-state index contributed by atoms with van der Waals surface area (Å²) in [7, 11) is -0.926. The maximum atomic E-state index is 12.1. The minimum absolute atomic E-state index is 0.0480. The molecule has 6 heteroatoms. The maximum absolute atomic E-state index is 12.1. The summed E-state index contributed by atoms with van der Waals surface area (Å²) in [6, 6.07) is 7.68. The van der Waals surface area contributed by atoms with Gasteiger partial charge in [-0.2, -0.15) is 0 Å². The van der Waals surface area contributed by atoms with E-state index >= 15 is 0 Å². The molecule has 1 fully saturated rings. The highest BCUT2D eigenvalue weighted by molar-refractivity contribution is 7.84. The third-order valence-corrected chi connectivity index (χ3v) is 4.42. The zero-order valence-electron chi connectivity index (χ0n) is 12.7. The van der Waals surface area contributed by atoms with Crippen LogP contribution in [0.25, 0.3) is 0 Å². The van der Waals surface area contributed by atoms with Gasteiger partial charge in [0.1, 0.15) is 11.9 Å². The minimum Gasteiger partial charge on any atom is -0.494 e. The van der Waals surface area contributed by atoms with Gasteiger partial charge in [-0.1, -0.05) is 12.1 Å². The van der Waals surface area contributed by atoms with E-state index in [0.717, 1.165) is 11.3 Å². The highest BCUT2D eigenvalue weighted by Crippen LogP contribution is 2.26. The molecule has 1 aromatic carbocycles. The highest BCUT2D eigenvalue weighted by atomic mass is 32.2. The number of benzene rings is 1. The summed E-state index contributed by atoms with van der Waals surface area (Å²) in [6.07, 6.45) is 1.50. The highest BCUT2D eigenvalue weighted by Gasteiger charge is 2.35. The molecule has 3 atom stereocenters. The number of hydrogen-bond donors (Lipinski definition) is 1. The van der Waals surface area contributed by atoms with Crippen molar-refractivity contribution in [2.45, 2.75) is 26.1 Å². The molecular weight excluding hydrogens is 288 g/mol. The van der Waals surface area contributed by atoms with E-state index in [-0.39, 0.29) is 18.1 Å². The van der Waals surface area contributed by atoms with Crippen LogP contribution in [-0.4, -0.2) is 46.2 Å². The number of nitrogens with zero attached hydrogens (tertiary/aromatic N) is 1. The summed E-state index contributed by atoms with van der Waals surface area (Å²) >= 11 is 0. The van der Waals surface area contributed by atoms with Crippen LogP contribution < -0.4 is 10.1 Å². The molecule has 0 bridgehead atoms. The van der Waals surface area contributed by atoms with E-state index in [1.807, 2.05) is 38.1 Å². The van der Waals surface area contributed by atoms with Crippen LogP contribution in [0.2, 0.25) is 0 Å². The molecule has 21 heavy (non-hydrogen) atoms. The average molecular weight is 310 g/mol. The summed E-state index contributed by atoms with van der Waals surface area (Å²) in [5.41, 5.74) is 1.01. The smallest absolute Gasteiger partial charge is 0.238 e. The van der Waals surface area contributed by atoms with E-state index < -0.39 is 10.8 Å². The second-order valence-electron chi connectivity index (χ2n) is 5.18. The van der Waals surface area contributed by atoms with E-state index in [1.54, 1.807) is 11.2 Å². The van der Waals surface area contributed by atoms with Gasteiger partial charge >= 0.3 is 0 Å². The first-order chi connectivity index (χ1) is 10.0. The molecule has 1 amide bonds. The molecule has 0 saturated carbocycles. The number of carbonyl (C=O) groups excluding carboxylic acids is 1. The third-order valence-electron chi connectivity index (χ3n) is 3.47. The number of nitrogens with one attached hydrogen (secondary N) is 1. The van der Waals surface area contributed by atoms with Crippen molar-refractivity contribution in [2.24, 2.45) is 0 Å². The number of ether oxygens (including phenoxy) is 1. The van der Waals surface area contributed by atoms with Gasteiger partial charge in [-0.15, -0.1) is 0 Å². The van der Waals surface area contributed by atoms with Gasteiger partial charge in [0.15, 0.2) is 0 Å². The van der Waals surface area contributed by atoms with Crippen molar-refractivity contribution < 1.29 is 13.7 Å². The number of carbonyl (C=O) groups is 1. The van der Waals surface area contributed by atoms with Crippen molar-refractivity contribution in [3.05, 3.63) is 29.8 Å². The van der Waals surface area contributed by atoms with Crippen LogP contribution in [0.15, 0.2) is 24.3 Å². The van der Waals surface area contributed by atoms with Crippen LogP contribution in [0, 0.1) is 0 Å². The quantitative estimate of drug-likeness (QED) is 0.860. The fourth-order valence-corrected chi connectivity index (χ4v) is 3.47. The van der Waals surface area contributed by atoms with Gasteiger partial charge in [-0.3, -0.25) is 14.3 Å². The van der Waals surface area contributed by atoms with E-state index in [4.69, 9.17) is 4.74 Å². The summed E-state index contributed by atoms with van der Waals surface area (Å²) in [4.78, 5) is 13.9. The zero-order chi connectivity index (χ0) is 15.4. The summed E-state index contributed by atoms with van der Waals surface area (Å²) in [6.45, 7) is 4.83. The van der Waals surface area contributed by atoms with E-state index in [1.165, 1.54) is 0 Å². The fourth-order valence-electron chi connectivity index (χ4n) is 2.63. The zero-order valence-corrected chi connectivity index (χ0v) is 13.5. The molecule has 3 unspecified atom stereocenters. The molecule has 2 rings (SSSR count). The van der Waals surface area contributed by atoms with Gasteiger partial charge in [-0.05, 0) is 31.5 Å². The topological polar surface area (TPSA) is 58.6 Å². The van der Waals surface area contributed by atoms with E-state index in [2.05, 4.69) is 5.32 Å². The van der Waals surface area contributed by atoms with Crippen LogP contribution in [0.3, 0.4) is 0 Å². The van der Waals surface area contributed by atoms with Gasteiger partial charge in [0, 0.05) is 28.9 Å². The lowest BCUT2D eigenvalue weighted by Crippen LogP contribution is -2.40. The van der Waals surface area contributed by atoms with Gasteiger partial charge in [-0.25, -0.2) is 0 Å². The fraction of sp³-hybridized carbons (Fsp3) is 0.533. The molecule has 1 aliphatic heterocycles. The third kappa shape index (κ3) is 3.83. The van der Waals surface area contributed by atoms with Crippen LogP contribution in [0.5, 0.6) is 5.75 Å². The Kier molecular flexibility index (Phi) is 5.36. The Hall–Kier alpha value is -1.40. The Labute approximate surface area is 128 Å². The molecule has 1 aromatic rings. The number of rotatable bonds is 6. The van der Waals surface area contributed by atoms with Crippen molar-refractivity contribution in [3.8, 4) is 5.75 Å². The van der Waals surface area contributed by atoms with Crippen LogP contribution in [0.1, 0.15) is 25.6 Å². The van der Waals surface area contributed by atoms with Gasteiger partial charge in [0.25, 0.3) is 0 Å². The standard InChI is InChI=1S/C15H22N2O3S/c1-4-20-13-7-5-12(6-8-13)15-16-9-14(18)17(15)11(2)10-21(3)19/h5-8,11,15-16H,4,9-10H2,1-3H3. The van der Waals surface area contributed by atoms with Crippen molar-refractivity contribution >= 4 is 16.7 Å². The molecule has 1 N–H and O–H groups in total. The molecule has 116 valence electrons. The lowest BCUT2D eigenvalue weighted by molar-refractivity contribution is -0.129. The molecule has 0 aliphatic carbocycles. The lowest BCUT2D eigenvalue weighted by atomic mass is 10.1. The van der Waals surface area contributed by atoms with E-state index in [9.17, 15) is 9.00 Å². The van der Waals surface area contributed by atoms with Crippen molar-refractivity contribution in [3.63, 3.8) is 0 Å². The molecular formula is C15H22N2O3S. The Morgan fingerprint density at radius 1 is 1.43 bits per heavy atom. The monoisotopic (exact) mass is 310 g/mol. The van der Waals surface area contributed by atoms with Gasteiger partial charge in [0.2, 0.25) is 5.91 Å². The molecule has 1 heterocycles. The SMILES string of the molecule is CCOc1ccc(C2NCC(=O)N2C(C)CS(C)=O)cc1. The molecule has 5 nitrogen and oxygen atoms in total. The molecule has 0 spiro atoms. The van der Waals surface area contributed by atoms with Gasteiger partial charge < -0.3 is 9.64 Å². The molecule has 0 aromatic heterocycles. The van der Waals surface area contributed by atoms with Gasteiger partial charge in [0.05, 0.1) is 13.2 Å². The maximum Gasteiger partial charge on any atom is 0.238 e. The Morgan fingerprint density at radius 2 is 2.10 bits per heavy atom. The van der Waals surface area contributed by atoms with Crippen LogP contribution in [0.4, 0.5) is 0 Å². The predicted molar refractivity (Wildman–Crippen MR) is 83.6 cm³/mol. The number of hydrogen-bond acceptors (Lipinski definition) is 4. The summed E-state index contributed by atoms with van der Waals surface area (Å²) < 4.78 is 16.8. The molecule has 1 saturated heterocycles. The Bertz CT molecular complexity index is 518. The lowest BCUT2D eigenvalue weighted by Gasteiger charge is -2.30. The normalized spacial score (nSPS) is 21.4. The minimum atomic E-state index is -0.926. The first-order valence-corrected chi connectivity index (χ1v) is 8.83. The average Bonchev–Trinajstić information content (AvgIpc) is 2.81. The van der Waals surface area contributed by atoms with Crippen LogP contribution >= 0.6 is 0 Å². The van der Waals surface area contributed by atoms with E-state index in [0.29, 0.717) is 18.9 Å². The molecule has 1 aliphatic rings. The first-order valence-electron chi connectivity index (χ1n) is 7.10. The summed E-state index contributed by atoms with van der Waals surface area (Å²) in [5, 5.41) is 3.21. The second-order valence-corrected chi connectivity index (χ2v) is 6.66. The first kappa shape index (κ1) is 16.0. The Morgan fingerprint density at radius 3 is 2.67 bits per heavy atom. The number of amides is 1. The summed E-state index contributed by atoms with van der Waals surface area (Å²) in [5.74, 6) is 1.35. The van der Waals surface area contributed by atoms with Crippen molar-refractivity contribution in [1.82, 2.24) is 10.2 Å².